The molecule has 3 heteroatoms. The molecule has 0 spiro atoms. The Morgan fingerprint density at radius 3 is 2.57 bits per heavy atom. The van der Waals surface area contributed by atoms with Crippen molar-refractivity contribution in [2.24, 2.45) is 17.8 Å². The van der Waals surface area contributed by atoms with Gasteiger partial charge in [0.15, 0.2) is 0 Å². The number of carboxylic acid groups (broad SMARTS) is 1. The molecule has 0 heterocycles. The van der Waals surface area contributed by atoms with E-state index >= 15 is 0 Å². The number of carbonyl (C=O) groups is 1. The van der Waals surface area contributed by atoms with Crippen LogP contribution in [0.4, 0.5) is 4.79 Å². The second kappa shape index (κ2) is 4.67. The first-order valence-electron chi connectivity index (χ1n) is 5.50. The number of amides is 1. The molecule has 1 rings (SSSR count). The normalized spacial score (nSPS) is 33.0. The molecule has 3 nitrogen and oxygen atoms in total. The number of hydrogen-bond acceptors (Lipinski definition) is 1. The van der Waals surface area contributed by atoms with Gasteiger partial charge in [0.05, 0.1) is 0 Å². The summed E-state index contributed by atoms with van der Waals surface area (Å²) in [5, 5.41) is 11.4. The monoisotopic (exact) mass is 199 g/mol. The zero-order chi connectivity index (χ0) is 10.7. The summed E-state index contributed by atoms with van der Waals surface area (Å²) in [5.74, 6) is 1.74. The van der Waals surface area contributed by atoms with Crippen LogP contribution in [0.2, 0.25) is 0 Å². The van der Waals surface area contributed by atoms with E-state index in [0.717, 1.165) is 12.8 Å². The van der Waals surface area contributed by atoms with E-state index in [-0.39, 0.29) is 6.04 Å². The highest BCUT2D eigenvalue weighted by Gasteiger charge is 2.31. The van der Waals surface area contributed by atoms with Crippen LogP contribution in [0.5, 0.6) is 0 Å². The fraction of sp³-hybridized carbons (Fsp3) is 0.909. The van der Waals surface area contributed by atoms with Crippen LogP contribution in [-0.2, 0) is 0 Å². The predicted octanol–water partition coefficient (Wildman–Crippen LogP) is 2.71. The Labute approximate surface area is 85.9 Å². The van der Waals surface area contributed by atoms with Crippen molar-refractivity contribution in [1.29, 1.82) is 0 Å². The maximum Gasteiger partial charge on any atom is 0.404 e. The van der Waals surface area contributed by atoms with Crippen molar-refractivity contribution in [3.05, 3.63) is 0 Å². The van der Waals surface area contributed by atoms with Crippen molar-refractivity contribution in [2.45, 2.75) is 46.1 Å². The second-order valence-corrected chi connectivity index (χ2v) is 4.88. The van der Waals surface area contributed by atoms with Crippen LogP contribution < -0.4 is 5.32 Å². The van der Waals surface area contributed by atoms with Gasteiger partial charge in [0.25, 0.3) is 0 Å². The van der Waals surface area contributed by atoms with Gasteiger partial charge in [-0.1, -0.05) is 27.2 Å². The molecular weight excluding hydrogens is 178 g/mol. The Morgan fingerprint density at radius 2 is 2.07 bits per heavy atom. The van der Waals surface area contributed by atoms with E-state index in [4.69, 9.17) is 5.11 Å². The lowest BCUT2D eigenvalue weighted by molar-refractivity contribution is 0.147. The van der Waals surface area contributed by atoms with E-state index in [0.29, 0.717) is 17.8 Å². The standard InChI is InChI=1S/C11H21NO2/c1-7(2)9-5-4-8(3)6-10(9)12-11(13)14/h7-10,12H,4-6H2,1-3H3,(H,13,14)/t8?,9-,10+/m0/s1. The van der Waals surface area contributed by atoms with Gasteiger partial charge in [-0.15, -0.1) is 0 Å². The van der Waals surface area contributed by atoms with Crippen molar-refractivity contribution in [3.63, 3.8) is 0 Å². The molecule has 0 aliphatic heterocycles. The molecule has 1 aliphatic carbocycles. The van der Waals surface area contributed by atoms with E-state index in [1.54, 1.807) is 0 Å². The van der Waals surface area contributed by atoms with Crippen molar-refractivity contribution in [3.8, 4) is 0 Å². The van der Waals surface area contributed by atoms with Crippen molar-refractivity contribution in [1.82, 2.24) is 5.32 Å². The van der Waals surface area contributed by atoms with Gasteiger partial charge in [0, 0.05) is 6.04 Å². The SMILES string of the molecule is CC1CC[C@@H](C(C)C)[C@H](NC(=O)O)C1. The van der Waals surface area contributed by atoms with Gasteiger partial charge in [-0.25, -0.2) is 4.79 Å². The molecule has 0 aromatic rings. The molecule has 0 bridgehead atoms. The minimum absolute atomic E-state index is 0.163. The summed E-state index contributed by atoms with van der Waals surface area (Å²) in [6.07, 6.45) is 2.51. The predicted molar refractivity (Wildman–Crippen MR) is 56.3 cm³/mol. The lowest BCUT2D eigenvalue weighted by Crippen LogP contribution is -2.45. The zero-order valence-corrected chi connectivity index (χ0v) is 9.29. The molecule has 3 atom stereocenters. The van der Waals surface area contributed by atoms with Crippen LogP contribution in [0.1, 0.15) is 40.0 Å². The topological polar surface area (TPSA) is 49.3 Å². The maximum atomic E-state index is 10.6. The summed E-state index contributed by atoms with van der Waals surface area (Å²) in [4.78, 5) is 10.6. The third kappa shape index (κ3) is 2.89. The Morgan fingerprint density at radius 1 is 1.43 bits per heavy atom. The molecule has 14 heavy (non-hydrogen) atoms. The third-order valence-electron chi connectivity index (χ3n) is 3.33. The molecule has 2 N–H and O–H groups in total. The average molecular weight is 199 g/mol. The highest BCUT2D eigenvalue weighted by atomic mass is 16.4. The molecule has 0 aromatic heterocycles. The fourth-order valence-corrected chi connectivity index (χ4v) is 2.53. The van der Waals surface area contributed by atoms with Crippen LogP contribution >= 0.6 is 0 Å². The fourth-order valence-electron chi connectivity index (χ4n) is 2.53. The van der Waals surface area contributed by atoms with Gasteiger partial charge in [0.2, 0.25) is 0 Å². The summed E-state index contributed by atoms with van der Waals surface area (Å²) in [6, 6.07) is 0.163. The Bertz CT molecular complexity index is 203. The van der Waals surface area contributed by atoms with E-state index in [2.05, 4.69) is 26.1 Å². The van der Waals surface area contributed by atoms with Crippen molar-refractivity contribution in [2.75, 3.05) is 0 Å². The Kier molecular flexibility index (Phi) is 3.78. The minimum atomic E-state index is -0.880. The lowest BCUT2D eigenvalue weighted by atomic mass is 9.74. The first-order chi connectivity index (χ1) is 6.50. The third-order valence-corrected chi connectivity index (χ3v) is 3.33. The number of nitrogens with one attached hydrogen (secondary N) is 1. The molecule has 0 aromatic carbocycles. The van der Waals surface area contributed by atoms with Crippen LogP contribution in [0.3, 0.4) is 0 Å². The van der Waals surface area contributed by atoms with Crippen LogP contribution in [0, 0.1) is 17.8 Å². The summed E-state index contributed by atoms with van der Waals surface area (Å²) in [6.45, 7) is 6.56. The van der Waals surface area contributed by atoms with Gasteiger partial charge >= 0.3 is 6.09 Å². The molecule has 1 saturated carbocycles. The molecule has 1 unspecified atom stereocenters. The zero-order valence-electron chi connectivity index (χ0n) is 9.29. The summed E-state index contributed by atoms with van der Waals surface area (Å²) >= 11 is 0. The van der Waals surface area contributed by atoms with Crippen molar-refractivity contribution < 1.29 is 9.90 Å². The van der Waals surface area contributed by atoms with E-state index in [9.17, 15) is 4.79 Å². The first-order valence-corrected chi connectivity index (χ1v) is 5.50. The van der Waals surface area contributed by atoms with Gasteiger partial charge in [-0.05, 0) is 30.6 Å². The Balaban J connectivity index is 2.58. The molecule has 0 saturated heterocycles. The van der Waals surface area contributed by atoms with Crippen LogP contribution in [-0.4, -0.2) is 17.2 Å². The highest BCUT2D eigenvalue weighted by Crippen LogP contribution is 2.33. The van der Waals surface area contributed by atoms with Gasteiger partial charge < -0.3 is 10.4 Å². The van der Waals surface area contributed by atoms with E-state index < -0.39 is 6.09 Å². The quantitative estimate of drug-likeness (QED) is 0.718. The first kappa shape index (κ1) is 11.3. The highest BCUT2D eigenvalue weighted by molar-refractivity contribution is 5.64. The number of rotatable bonds is 2. The maximum absolute atomic E-state index is 10.6. The van der Waals surface area contributed by atoms with E-state index in [1.165, 1.54) is 6.42 Å². The summed E-state index contributed by atoms with van der Waals surface area (Å²) in [5.41, 5.74) is 0. The van der Waals surface area contributed by atoms with Crippen LogP contribution in [0.25, 0.3) is 0 Å². The van der Waals surface area contributed by atoms with Gasteiger partial charge in [-0.3, -0.25) is 0 Å². The van der Waals surface area contributed by atoms with E-state index in [1.807, 2.05) is 0 Å². The molecule has 1 fully saturated rings. The summed E-state index contributed by atoms with van der Waals surface area (Å²) in [7, 11) is 0. The lowest BCUT2D eigenvalue weighted by Gasteiger charge is -2.37. The van der Waals surface area contributed by atoms with Gasteiger partial charge in [-0.2, -0.15) is 0 Å². The molecule has 82 valence electrons. The Hall–Kier alpha value is -0.730. The largest absolute Gasteiger partial charge is 0.465 e. The van der Waals surface area contributed by atoms with Gasteiger partial charge in [0.1, 0.15) is 0 Å². The molecule has 0 radical (unpaired) electrons. The molecule has 1 aliphatic rings. The second-order valence-electron chi connectivity index (χ2n) is 4.88. The van der Waals surface area contributed by atoms with Crippen molar-refractivity contribution >= 4 is 6.09 Å². The average Bonchev–Trinajstić information content (AvgIpc) is 2.01. The summed E-state index contributed by atoms with van der Waals surface area (Å²) < 4.78 is 0. The van der Waals surface area contributed by atoms with Crippen LogP contribution in [0.15, 0.2) is 0 Å². The molecule has 1 amide bonds. The number of hydrogen-bond donors (Lipinski definition) is 2. The minimum Gasteiger partial charge on any atom is -0.465 e. The smallest absolute Gasteiger partial charge is 0.404 e. The molecular formula is C11H21NO2.